The lowest BCUT2D eigenvalue weighted by Gasteiger charge is -2.10. The van der Waals surface area contributed by atoms with Crippen molar-refractivity contribution in [2.24, 2.45) is 0 Å². The van der Waals surface area contributed by atoms with Crippen molar-refractivity contribution in [1.82, 2.24) is 0 Å². The Hall–Kier alpha value is -1.84. The Balaban J connectivity index is 2.90. The summed E-state index contributed by atoms with van der Waals surface area (Å²) in [6.45, 7) is 1.45. The van der Waals surface area contributed by atoms with Gasteiger partial charge < -0.3 is 15.2 Å². The number of nitrogens with one attached hydrogen (secondary N) is 1. The quantitative estimate of drug-likeness (QED) is 0.761. The number of amides is 1. The molecule has 4 nitrogen and oxygen atoms in total. The lowest BCUT2D eigenvalue weighted by molar-refractivity contribution is -0.242. The van der Waals surface area contributed by atoms with Gasteiger partial charge in [0, 0.05) is 12.1 Å². The Morgan fingerprint density at radius 2 is 2.00 bits per heavy atom. The lowest BCUT2D eigenvalue weighted by Crippen LogP contribution is -2.29. The van der Waals surface area contributed by atoms with Gasteiger partial charge in [-0.3, -0.25) is 4.79 Å². The maximum Gasteiger partial charge on any atom is 0.138 e. The number of hydrogen-bond acceptors (Lipinski definition) is 3. The molecule has 0 fully saturated rings. The largest absolute Gasteiger partial charge is 0.530 e. The van der Waals surface area contributed by atoms with Crippen molar-refractivity contribution >= 4 is 17.6 Å². The zero-order valence-electron chi connectivity index (χ0n) is 7.74. The number of carbonyl (C=O) groups excluding carboxylic acids is 2. The molecule has 0 aliphatic rings. The van der Waals surface area contributed by atoms with E-state index in [2.05, 4.69) is 5.32 Å². The Morgan fingerprint density at radius 3 is 2.57 bits per heavy atom. The maximum atomic E-state index is 10.9. The predicted molar refractivity (Wildman–Crippen MR) is 49.8 cm³/mol. The van der Waals surface area contributed by atoms with Gasteiger partial charge >= 0.3 is 0 Å². The second-order valence-electron chi connectivity index (χ2n) is 2.95. The van der Waals surface area contributed by atoms with Crippen LogP contribution in [0.15, 0.2) is 24.3 Å². The Labute approximate surface area is 81.6 Å². The maximum absolute atomic E-state index is 10.9. The lowest BCUT2D eigenvalue weighted by atomic mass is 10.1. The summed E-state index contributed by atoms with van der Waals surface area (Å²) in [5.74, 6) is -0.0161. The van der Waals surface area contributed by atoms with Crippen molar-refractivity contribution in [1.29, 1.82) is 0 Å². The molecule has 0 heterocycles. The van der Waals surface area contributed by atoms with E-state index in [1.165, 1.54) is 6.92 Å². The molecule has 0 saturated carbocycles. The zero-order valence-corrected chi connectivity index (χ0v) is 7.74. The normalized spacial score (nSPS) is 9.50. The van der Waals surface area contributed by atoms with Gasteiger partial charge in [-0.2, -0.15) is 0 Å². The van der Waals surface area contributed by atoms with Gasteiger partial charge in [0.15, 0.2) is 0 Å². The van der Waals surface area contributed by atoms with Crippen molar-refractivity contribution in [2.75, 3.05) is 5.32 Å². The predicted octanol–water partition coefficient (Wildman–Crippen LogP) is 0.573. The second kappa shape index (κ2) is 4.41. The summed E-state index contributed by atoms with van der Waals surface area (Å²) < 4.78 is 0. The van der Waals surface area contributed by atoms with E-state index in [1.807, 2.05) is 0 Å². The molecule has 0 saturated heterocycles. The van der Waals surface area contributed by atoms with Crippen molar-refractivity contribution in [3.05, 3.63) is 29.8 Å². The van der Waals surface area contributed by atoms with E-state index in [4.69, 9.17) is 0 Å². The number of carboxylic acid groups (broad SMARTS) is 1. The summed E-state index contributed by atoms with van der Waals surface area (Å²) in [5.41, 5.74) is 1.06. The van der Waals surface area contributed by atoms with Crippen LogP contribution < -0.4 is 10.4 Å². The number of anilines is 1. The molecule has 0 radical (unpaired) electrons. The molecule has 0 bridgehead atoms. The van der Waals surface area contributed by atoms with E-state index in [1.54, 1.807) is 24.3 Å². The van der Waals surface area contributed by atoms with Crippen LogP contribution in [0.25, 0.3) is 0 Å². The molecule has 0 unspecified atom stereocenters. The van der Waals surface area contributed by atoms with Crippen LogP contribution >= 0.6 is 0 Å². The van der Waals surface area contributed by atoms with Crippen LogP contribution in [0.3, 0.4) is 0 Å². The van der Waals surface area contributed by atoms with Crippen LogP contribution in [0.1, 0.15) is 12.5 Å². The number of para-hydroxylation sites is 1. The summed E-state index contributed by atoms with van der Waals surface area (Å²) in [5, 5.41) is 12.4. The van der Waals surface area contributed by atoms with E-state index in [-0.39, 0.29) is 12.2 Å². The van der Waals surface area contributed by atoms with Crippen LogP contribution in [-0.2, 0) is 11.2 Å². The summed E-state index contributed by atoms with van der Waals surface area (Å²) in [4.78, 5) is 21.2. The Bertz CT molecular complexity index is 325. The van der Waals surface area contributed by atoms with Crippen molar-refractivity contribution in [3.63, 3.8) is 0 Å². The smallest absolute Gasteiger partial charge is 0.138 e. The molecule has 1 aromatic rings. The molecule has 74 valence electrons. The number of Topliss-reactive ketones (excluding diaryl/α,β-unsaturated/α-hetero) is 1. The van der Waals surface area contributed by atoms with Gasteiger partial charge in [-0.05, 0) is 18.6 Å². The Kier molecular flexibility index (Phi) is 3.23. The van der Waals surface area contributed by atoms with E-state index in [0.717, 1.165) is 0 Å². The average Bonchev–Trinajstić information content (AvgIpc) is 2.06. The number of carbonyl (C=O) groups is 2. The van der Waals surface area contributed by atoms with E-state index >= 15 is 0 Å². The molecular formula is C10H10NO3-. The van der Waals surface area contributed by atoms with Gasteiger partial charge in [0.25, 0.3) is 0 Å². The minimum Gasteiger partial charge on any atom is -0.530 e. The second-order valence-corrected chi connectivity index (χ2v) is 2.95. The minimum absolute atomic E-state index is 0.0161. The highest BCUT2D eigenvalue weighted by Crippen LogP contribution is 2.15. The molecule has 0 aromatic heterocycles. The first-order valence-electron chi connectivity index (χ1n) is 4.15. The molecule has 0 spiro atoms. The first kappa shape index (κ1) is 10.2. The first-order valence-corrected chi connectivity index (χ1v) is 4.15. The summed E-state index contributed by atoms with van der Waals surface area (Å²) in [6.07, 6.45) is -1.16. The van der Waals surface area contributed by atoms with Crippen LogP contribution in [0.4, 0.5) is 10.5 Å². The standard InChI is InChI=1S/C10H11NO3/c1-7(12)6-8-4-2-3-5-9(8)11-10(13)14/h2-5,11H,6H2,1H3,(H,13,14)/p-1. The average molecular weight is 192 g/mol. The van der Waals surface area contributed by atoms with Gasteiger partial charge in [-0.15, -0.1) is 0 Å². The molecule has 1 N–H and O–H groups in total. The van der Waals surface area contributed by atoms with E-state index in [9.17, 15) is 14.7 Å². The Morgan fingerprint density at radius 1 is 1.36 bits per heavy atom. The monoisotopic (exact) mass is 192 g/mol. The molecule has 4 heteroatoms. The first-order chi connectivity index (χ1) is 6.59. The van der Waals surface area contributed by atoms with E-state index in [0.29, 0.717) is 11.3 Å². The van der Waals surface area contributed by atoms with Crippen molar-refractivity contribution < 1.29 is 14.7 Å². The van der Waals surface area contributed by atoms with Gasteiger partial charge in [-0.1, -0.05) is 18.2 Å². The number of benzene rings is 1. The topological polar surface area (TPSA) is 69.2 Å². The van der Waals surface area contributed by atoms with Gasteiger partial charge in [-0.25, -0.2) is 0 Å². The molecule has 1 aromatic carbocycles. The fraction of sp³-hybridized carbons (Fsp3) is 0.200. The molecule has 1 rings (SSSR count). The van der Waals surface area contributed by atoms with Crippen LogP contribution in [0.2, 0.25) is 0 Å². The van der Waals surface area contributed by atoms with Crippen molar-refractivity contribution in [2.45, 2.75) is 13.3 Å². The number of ketones is 1. The summed E-state index contributed by atoms with van der Waals surface area (Å²) in [7, 11) is 0. The molecule has 0 aliphatic heterocycles. The number of rotatable bonds is 3. The van der Waals surface area contributed by atoms with Gasteiger partial charge in [0.1, 0.15) is 11.9 Å². The van der Waals surface area contributed by atoms with E-state index < -0.39 is 6.09 Å². The molecule has 0 atom stereocenters. The summed E-state index contributed by atoms with van der Waals surface area (Å²) in [6, 6.07) is 6.73. The third-order valence-corrected chi connectivity index (χ3v) is 1.69. The highest BCUT2D eigenvalue weighted by Gasteiger charge is 2.03. The van der Waals surface area contributed by atoms with Crippen LogP contribution in [0, 0.1) is 0 Å². The SMILES string of the molecule is CC(=O)Cc1ccccc1NC(=O)[O-]. The van der Waals surface area contributed by atoms with Crippen LogP contribution in [-0.4, -0.2) is 11.9 Å². The highest BCUT2D eigenvalue weighted by atomic mass is 16.4. The fourth-order valence-corrected chi connectivity index (χ4v) is 1.17. The molecule has 1 amide bonds. The number of hydrogen-bond donors (Lipinski definition) is 1. The third-order valence-electron chi connectivity index (χ3n) is 1.69. The molecular weight excluding hydrogens is 182 g/mol. The fourth-order valence-electron chi connectivity index (χ4n) is 1.17. The third kappa shape index (κ3) is 2.90. The molecule has 14 heavy (non-hydrogen) atoms. The van der Waals surface area contributed by atoms with Gasteiger partial charge in [0.2, 0.25) is 0 Å². The van der Waals surface area contributed by atoms with Gasteiger partial charge in [0.05, 0.1) is 0 Å². The molecule has 0 aliphatic carbocycles. The minimum atomic E-state index is -1.37. The van der Waals surface area contributed by atoms with Crippen LogP contribution in [0.5, 0.6) is 0 Å². The van der Waals surface area contributed by atoms with Crippen molar-refractivity contribution in [3.8, 4) is 0 Å². The zero-order chi connectivity index (χ0) is 10.6. The highest BCUT2D eigenvalue weighted by molar-refractivity contribution is 5.85. The summed E-state index contributed by atoms with van der Waals surface area (Å²) >= 11 is 0.